The molecule has 4 nitrogen and oxygen atoms in total. The van der Waals surface area contributed by atoms with Crippen LogP contribution in [-0.4, -0.2) is 39.9 Å². The first kappa shape index (κ1) is 23.3. The van der Waals surface area contributed by atoms with Crippen LogP contribution in [0.4, 0.5) is 0 Å². The molecular formula is C28H46O4. The maximum absolute atomic E-state index is 12.2. The van der Waals surface area contributed by atoms with Gasteiger partial charge >= 0.3 is 0 Å². The van der Waals surface area contributed by atoms with Crippen LogP contribution in [0, 0.1) is 46.3 Å². The Balaban J connectivity index is 1.34. The van der Waals surface area contributed by atoms with Crippen molar-refractivity contribution < 1.29 is 19.7 Å². The van der Waals surface area contributed by atoms with Crippen molar-refractivity contribution in [2.45, 2.75) is 116 Å². The van der Waals surface area contributed by atoms with Crippen LogP contribution in [0.25, 0.3) is 0 Å². The van der Waals surface area contributed by atoms with E-state index in [1.54, 1.807) is 0 Å². The van der Waals surface area contributed by atoms with Crippen molar-refractivity contribution in [2.75, 3.05) is 6.61 Å². The van der Waals surface area contributed by atoms with Crippen molar-refractivity contribution in [2.24, 2.45) is 46.3 Å². The first-order valence-corrected chi connectivity index (χ1v) is 13.5. The molecule has 1 heterocycles. The summed E-state index contributed by atoms with van der Waals surface area (Å²) in [6.07, 6.45) is 8.73. The molecule has 0 aromatic rings. The lowest BCUT2D eigenvalue weighted by Gasteiger charge is -2.64. The van der Waals surface area contributed by atoms with E-state index in [2.05, 4.69) is 34.6 Å². The number of fused-ring (bicyclic) bond motifs is 5. The second-order valence-electron chi connectivity index (χ2n) is 13.4. The predicted molar refractivity (Wildman–Crippen MR) is 125 cm³/mol. The van der Waals surface area contributed by atoms with E-state index in [1.165, 1.54) is 32.1 Å². The van der Waals surface area contributed by atoms with Crippen molar-refractivity contribution in [3.8, 4) is 0 Å². The predicted octanol–water partition coefficient (Wildman–Crippen LogP) is 5.14. The van der Waals surface area contributed by atoms with Gasteiger partial charge in [0.25, 0.3) is 0 Å². The van der Waals surface area contributed by atoms with Crippen molar-refractivity contribution in [1.82, 2.24) is 0 Å². The van der Waals surface area contributed by atoms with Gasteiger partial charge in [0, 0.05) is 18.3 Å². The molecule has 0 bridgehead atoms. The van der Waals surface area contributed by atoms with Gasteiger partial charge in [-0.2, -0.15) is 0 Å². The van der Waals surface area contributed by atoms with E-state index >= 15 is 0 Å². The fraction of sp³-hybridized carbons (Fsp3) is 0.964. The Labute approximate surface area is 194 Å². The average molecular weight is 447 g/mol. The highest BCUT2D eigenvalue weighted by Crippen LogP contribution is 2.69. The van der Waals surface area contributed by atoms with E-state index in [4.69, 9.17) is 4.74 Å². The number of epoxide rings is 1. The highest BCUT2D eigenvalue weighted by molar-refractivity contribution is 5.81. The number of carbonyl (C=O) groups is 1. The van der Waals surface area contributed by atoms with Gasteiger partial charge in [-0.1, -0.05) is 34.6 Å². The number of Topliss-reactive ketones (excluding diaryl/α,β-unsaturated/α-hetero) is 1. The molecular weight excluding hydrogens is 400 g/mol. The molecule has 0 radical (unpaired) electrons. The number of aliphatic hydroxyl groups excluding tert-OH is 1. The lowest BCUT2D eigenvalue weighted by Crippen LogP contribution is -2.68. The third-order valence-electron chi connectivity index (χ3n) is 12.0. The molecule has 4 aliphatic carbocycles. The minimum Gasteiger partial charge on any atom is -0.390 e. The van der Waals surface area contributed by atoms with E-state index in [1.807, 2.05) is 0 Å². The minimum atomic E-state index is -1.22. The Morgan fingerprint density at radius 1 is 1.09 bits per heavy atom. The van der Waals surface area contributed by atoms with Gasteiger partial charge in [-0.3, -0.25) is 4.79 Å². The number of carbonyl (C=O) groups excluding carboxylic acids is 1. The quantitative estimate of drug-likeness (QED) is 0.574. The van der Waals surface area contributed by atoms with E-state index in [9.17, 15) is 15.0 Å². The molecule has 0 aromatic carbocycles. The van der Waals surface area contributed by atoms with E-state index < -0.39 is 11.7 Å². The fourth-order valence-electron chi connectivity index (χ4n) is 9.58. The van der Waals surface area contributed by atoms with Gasteiger partial charge in [0.1, 0.15) is 11.4 Å². The van der Waals surface area contributed by atoms with Gasteiger partial charge in [-0.15, -0.1) is 0 Å². The van der Waals surface area contributed by atoms with Crippen LogP contribution in [0.5, 0.6) is 0 Å². The number of rotatable bonds is 5. The lowest BCUT2D eigenvalue weighted by molar-refractivity contribution is -0.248. The summed E-state index contributed by atoms with van der Waals surface area (Å²) >= 11 is 0. The number of ketones is 1. The molecule has 2 N–H and O–H groups in total. The molecule has 5 rings (SSSR count). The highest BCUT2D eigenvalue weighted by Gasteiger charge is 2.67. The van der Waals surface area contributed by atoms with Crippen LogP contribution >= 0.6 is 0 Å². The average Bonchev–Trinajstić information content (AvgIpc) is 3.44. The Bertz CT molecular complexity index is 759. The number of ether oxygens (including phenoxy) is 1. The molecule has 1 aliphatic heterocycles. The van der Waals surface area contributed by atoms with E-state index in [0.29, 0.717) is 47.8 Å². The molecule has 10 unspecified atom stereocenters. The Morgan fingerprint density at radius 2 is 1.81 bits per heavy atom. The number of hydrogen-bond acceptors (Lipinski definition) is 4. The molecule has 4 heteroatoms. The zero-order chi connectivity index (χ0) is 23.1. The second-order valence-corrected chi connectivity index (χ2v) is 13.4. The van der Waals surface area contributed by atoms with Gasteiger partial charge in [0.15, 0.2) is 0 Å². The van der Waals surface area contributed by atoms with Crippen LogP contribution in [0.1, 0.15) is 98.8 Å². The minimum absolute atomic E-state index is 0.122. The Morgan fingerprint density at radius 3 is 2.47 bits per heavy atom. The summed E-state index contributed by atoms with van der Waals surface area (Å²) in [5.74, 6) is 3.72. The van der Waals surface area contributed by atoms with Crippen LogP contribution in [0.15, 0.2) is 0 Å². The normalized spacial score (nSPS) is 53.5. The summed E-state index contributed by atoms with van der Waals surface area (Å²) < 4.78 is 5.89. The first-order chi connectivity index (χ1) is 15.0. The van der Waals surface area contributed by atoms with Crippen molar-refractivity contribution in [3.63, 3.8) is 0 Å². The van der Waals surface area contributed by atoms with Crippen LogP contribution in [-0.2, 0) is 9.53 Å². The maximum atomic E-state index is 12.2. The molecule has 0 spiro atoms. The summed E-state index contributed by atoms with van der Waals surface area (Å²) in [5.41, 5.74) is -1.07. The van der Waals surface area contributed by atoms with E-state index in [-0.39, 0.29) is 23.2 Å². The van der Waals surface area contributed by atoms with Crippen LogP contribution < -0.4 is 0 Å². The summed E-state index contributed by atoms with van der Waals surface area (Å²) in [6.45, 7) is 12.7. The largest absolute Gasteiger partial charge is 0.390 e. The zero-order valence-corrected chi connectivity index (χ0v) is 21.0. The lowest BCUT2D eigenvalue weighted by atomic mass is 9.42. The molecule has 10 atom stereocenters. The molecule has 0 aromatic heterocycles. The maximum Gasteiger partial charge on any atom is 0.135 e. The fourth-order valence-corrected chi connectivity index (χ4v) is 9.58. The third kappa shape index (κ3) is 3.14. The molecule has 5 aliphatic rings. The Kier molecular flexibility index (Phi) is 5.48. The molecule has 0 amide bonds. The third-order valence-corrected chi connectivity index (χ3v) is 12.0. The molecule has 32 heavy (non-hydrogen) atoms. The summed E-state index contributed by atoms with van der Waals surface area (Å²) in [7, 11) is 0. The molecule has 182 valence electrons. The van der Waals surface area contributed by atoms with Gasteiger partial charge < -0.3 is 14.9 Å². The van der Waals surface area contributed by atoms with Crippen molar-refractivity contribution in [3.05, 3.63) is 0 Å². The molecule has 5 fully saturated rings. The molecule has 4 saturated carbocycles. The van der Waals surface area contributed by atoms with Gasteiger partial charge in [0.05, 0.1) is 18.3 Å². The van der Waals surface area contributed by atoms with Gasteiger partial charge in [0.2, 0.25) is 0 Å². The Hall–Kier alpha value is -0.450. The van der Waals surface area contributed by atoms with Gasteiger partial charge in [-0.25, -0.2) is 0 Å². The van der Waals surface area contributed by atoms with Crippen LogP contribution in [0.3, 0.4) is 0 Å². The SMILES string of the molecule is CC(CCC1(C(C)C)CO1)C1CCC2C3CC(O)C4(O)CC(=O)CCC4(C)C3CCC12C. The van der Waals surface area contributed by atoms with Crippen molar-refractivity contribution in [1.29, 1.82) is 0 Å². The monoisotopic (exact) mass is 446 g/mol. The zero-order valence-electron chi connectivity index (χ0n) is 21.0. The topological polar surface area (TPSA) is 70.1 Å². The number of hydrogen-bond donors (Lipinski definition) is 2. The van der Waals surface area contributed by atoms with Crippen molar-refractivity contribution >= 4 is 5.78 Å². The van der Waals surface area contributed by atoms with Gasteiger partial charge in [-0.05, 0) is 92.3 Å². The smallest absolute Gasteiger partial charge is 0.135 e. The molecule has 1 saturated heterocycles. The first-order valence-electron chi connectivity index (χ1n) is 13.5. The number of aliphatic hydroxyl groups is 2. The van der Waals surface area contributed by atoms with Crippen LogP contribution in [0.2, 0.25) is 0 Å². The summed E-state index contributed by atoms with van der Waals surface area (Å²) in [4.78, 5) is 12.2. The van der Waals surface area contributed by atoms with E-state index in [0.717, 1.165) is 25.4 Å². The highest BCUT2D eigenvalue weighted by atomic mass is 16.6. The summed E-state index contributed by atoms with van der Waals surface area (Å²) in [5, 5.41) is 22.8. The second kappa shape index (κ2) is 7.52. The standard InChI is InChI=1S/C28H46O4/c1-17(2)27(16-32-27)13-8-18(3)21-6-7-22-20-14-24(30)28(31)15-19(29)9-12-26(28,5)23(20)10-11-25(21,22)4/h17-18,20-24,30-31H,6-16H2,1-5H3. The summed E-state index contributed by atoms with van der Waals surface area (Å²) in [6, 6.07) is 0.